The van der Waals surface area contributed by atoms with E-state index < -0.39 is 0 Å². The summed E-state index contributed by atoms with van der Waals surface area (Å²) in [5.74, 6) is 6.36. The second-order valence-electron chi connectivity index (χ2n) is 4.43. The third-order valence-corrected chi connectivity index (χ3v) is 3.77. The molecule has 18 heavy (non-hydrogen) atoms. The second kappa shape index (κ2) is 5.58. The Hall–Kier alpha value is -1.27. The van der Waals surface area contributed by atoms with Crippen LogP contribution in [0, 0.1) is 11.8 Å². The van der Waals surface area contributed by atoms with Crippen molar-refractivity contribution in [3.8, 4) is 11.8 Å². The fourth-order valence-corrected chi connectivity index (χ4v) is 2.65. The van der Waals surface area contributed by atoms with Crippen molar-refractivity contribution >= 4 is 21.9 Å². The molecule has 94 valence electrons. The number of carbonyl (C=O) groups is 1. The maximum Gasteiger partial charge on any atom is 0.310 e. The molecule has 2 rings (SSSR count). The lowest BCUT2D eigenvalue weighted by Gasteiger charge is -2.11. The summed E-state index contributed by atoms with van der Waals surface area (Å²) in [7, 11) is 1.42. The molecule has 1 aromatic rings. The van der Waals surface area contributed by atoms with Crippen LogP contribution in [0.4, 0.5) is 0 Å². The number of halogens is 1. The van der Waals surface area contributed by atoms with Crippen molar-refractivity contribution in [1.82, 2.24) is 0 Å². The second-order valence-corrected chi connectivity index (χ2v) is 5.28. The van der Waals surface area contributed by atoms with Gasteiger partial charge < -0.3 is 4.74 Å². The summed E-state index contributed by atoms with van der Waals surface area (Å²) in [6, 6.07) is 4.08. The summed E-state index contributed by atoms with van der Waals surface area (Å²) >= 11 is 3.55. The van der Waals surface area contributed by atoms with Gasteiger partial charge in [-0.3, -0.25) is 4.79 Å². The summed E-state index contributed by atoms with van der Waals surface area (Å²) in [5.41, 5.74) is 3.29. The van der Waals surface area contributed by atoms with Crippen molar-refractivity contribution in [2.75, 3.05) is 7.11 Å². The lowest BCUT2D eigenvalue weighted by Crippen LogP contribution is -2.07. The zero-order chi connectivity index (χ0) is 13.1. The van der Waals surface area contributed by atoms with Gasteiger partial charge in [0.05, 0.1) is 13.5 Å². The summed E-state index contributed by atoms with van der Waals surface area (Å²) in [4.78, 5) is 11.5. The van der Waals surface area contributed by atoms with Crippen molar-refractivity contribution in [1.29, 1.82) is 0 Å². The molecule has 0 heterocycles. The monoisotopic (exact) mass is 306 g/mol. The molecule has 0 N–H and O–H groups in total. The first kappa shape index (κ1) is 13.2. The van der Waals surface area contributed by atoms with Gasteiger partial charge in [-0.25, -0.2) is 0 Å². The zero-order valence-corrected chi connectivity index (χ0v) is 12.1. The van der Waals surface area contributed by atoms with Crippen molar-refractivity contribution in [2.24, 2.45) is 0 Å². The summed E-state index contributed by atoms with van der Waals surface area (Å²) < 4.78 is 5.71. The molecule has 1 aromatic carbocycles. The Bertz CT molecular complexity index is 533. The Balaban J connectivity index is 2.42. The number of hydrogen-bond acceptors (Lipinski definition) is 2. The van der Waals surface area contributed by atoms with E-state index in [2.05, 4.69) is 33.8 Å². The van der Waals surface area contributed by atoms with Gasteiger partial charge in [-0.05, 0) is 48.9 Å². The largest absolute Gasteiger partial charge is 0.469 e. The van der Waals surface area contributed by atoms with Crippen LogP contribution < -0.4 is 0 Å². The van der Waals surface area contributed by atoms with Crippen LogP contribution in [0.15, 0.2) is 16.6 Å². The van der Waals surface area contributed by atoms with Crippen LogP contribution in [0.2, 0.25) is 0 Å². The van der Waals surface area contributed by atoms with E-state index in [9.17, 15) is 4.79 Å². The maximum atomic E-state index is 11.5. The number of rotatable bonds is 3. The number of carbonyl (C=O) groups excluding carboxylic acids is 1. The Kier molecular flexibility index (Phi) is 4.08. The first-order valence-corrected chi connectivity index (χ1v) is 6.77. The van der Waals surface area contributed by atoms with Crippen LogP contribution in [0.1, 0.15) is 42.4 Å². The molecule has 0 unspecified atom stereocenters. The van der Waals surface area contributed by atoms with Gasteiger partial charge in [0.1, 0.15) is 0 Å². The highest BCUT2D eigenvalue weighted by Crippen LogP contribution is 2.43. The molecule has 2 nitrogen and oxygen atoms in total. The molecule has 1 aliphatic rings. The third kappa shape index (κ3) is 2.94. The van der Waals surface area contributed by atoms with Gasteiger partial charge in [0.15, 0.2) is 0 Å². The van der Waals surface area contributed by atoms with Crippen LogP contribution in [0.5, 0.6) is 0 Å². The molecule has 0 radical (unpaired) electrons. The predicted octanol–water partition coefficient (Wildman–Crippen LogP) is 3.41. The Morgan fingerprint density at radius 3 is 2.78 bits per heavy atom. The lowest BCUT2D eigenvalue weighted by molar-refractivity contribution is -0.139. The minimum Gasteiger partial charge on any atom is -0.469 e. The molecule has 0 aliphatic heterocycles. The molecule has 0 bridgehead atoms. The van der Waals surface area contributed by atoms with Gasteiger partial charge >= 0.3 is 5.97 Å². The smallest absolute Gasteiger partial charge is 0.310 e. The van der Waals surface area contributed by atoms with Gasteiger partial charge in [-0.15, -0.1) is 5.92 Å². The Morgan fingerprint density at radius 1 is 1.50 bits per heavy atom. The first-order valence-electron chi connectivity index (χ1n) is 5.97. The minimum atomic E-state index is -0.202. The lowest BCUT2D eigenvalue weighted by atomic mass is 9.98. The number of esters is 1. The number of ether oxygens (including phenoxy) is 1. The van der Waals surface area contributed by atoms with Crippen LogP contribution >= 0.6 is 15.9 Å². The minimum absolute atomic E-state index is 0.202. The molecule has 1 aliphatic carbocycles. The van der Waals surface area contributed by atoms with E-state index >= 15 is 0 Å². The highest BCUT2D eigenvalue weighted by Gasteiger charge is 2.28. The average Bonchev–Trinajstić information content (AvgIpc) is 3.16. The number of benzene rings is 1. The van der Waals surface area contributed by atoms with Gasteiger partial charge in [-0.2, -0.15) is 0 Å². The quantitative estimate of drug-likeness (QED) is 0.632. The maximum absolute atomic E-state index is 11.5. The van der Waals surface area contributed by atoms with E-state index in [0.29, 0.717) is 12.3 Å². The van der Waals surface area contributed by atoms with Gasteiger partial charge in [0, 0.05) is 10.0 Å². The Morgan fingerprint density at radius 2 is 2.22 bits per heavy atom. The molecule has 3 heteroatoms. The predicted molar refractivity (Wildman–Crippen MR) is 74.4 cm³/mol. The van der Waals surface area contributed by atoms with Gasteiger partial charge in [0.25, 0.3) is 0 Å². The third-order valence-electron chi connectivity index (χ3n) is 3.07. The van der Waals surface area contributed by atoms with Crippen molar-refractivity contribution < 1.29 is 9.53 Å². The summed E-state index contributed by atoms with van der Waals surface area (Å²) in [5, 5.41) is 0. The van der Waals surface area contributed by atoms with Crippen molar-refractivity contribution in [3.63, 3.8) is 0 Å². The highest BCUT2D eigenvalue weighted by atomic mass is 79.9. The number of hydrogen-bond donors (Lipinski definition) is 0. The van der Waals surface area contributed by atoms with E-state index in [1.165, 1.54) is 25.5 Å². The van der Waals surface area contributed by atoms with Crippen LogP contribution in [-0.2, 0) is 16.0 Å². The average molecular weight is 307 g/mol. The van der Waals surface area contributed by atoms with Gasteiger partial charge in [-0.1, -0.05) is 21.9 Å². The Labute approximate surface area is 116 Å². The molecule has 0 aromatic heterocycles. The fraction of sp³-hybridized carbons (Fsp3) is 0.400. The van der Waals surface area contributed by atoms with E-state index in [1.54, 1.807) is 0 Å². The molecular weight excluding hydrogens is 292 g/mol. The van der Waals surface area contributed by atoms with E-state index in [0.717, 1.165) is 15.6 Å². The topological polar surface area (TPSA) is 26.3 Å². The van der Waals surface area contributed by atoms with Crippen molar-refractivity contribution in [2.45, 2.75) is 32.1 Å². The molecule has 1 saturated carbocycles. The molecule has 0 saturated heterocycles. The molecule has 0 amide bonds. The first-order chi connectivity index (χ1) is 8.65. The summed E-state index contributed by atoms with van der Waals surface area (Å²) in [6.07, 6.45) is 2.72. The van der Waals surface area contributed by atoms with E-state index in [1.807, 2.05) is 13.0 Å². The summed E-state index contributed by atoms with van der Waals surface area (Å²) in [6.45, 7) is 1.83. The van der Waals surface area contributed by atoms with Crippen LogP contribution in [0.3, 0.4) is 0 Å². The highest BCUT2D eigenvalue weighted by molar-refractivity contribution is 9.10. The number of methoxy groups -OCH3 is 1. The standard InChI is InChI=1S/C15H15BrO2/c1-3-4-10-7-12(11-5-6-11)13(14(16)8-10)9-15(17)18-2/h7-8,11H,5-6,9H2,1-2H3. The zero-order valence-electron chi connectivity index (χ0n) is 10.5. The van der Waals surface area contributed by atoms with Crippen LogP contribution in [0.25, 0.3) is 0 Å². The molecule has 0 spiro atoms. The van der Waals surface area contributed by atoms with Crippen molar-refractivity contribution in [3.05, 3.63) is 33.3 Å². The van der Waals surface area contributed by atoms with E-state index in [-0.39, 0.29) is 5.97 Å². The normalized spacial score (nSPS) is 13.7. The molecule has 1 fully saturated rings. The molecular formula is C15H15BrO2. The SMILES string of the molecule is CC#Cc1cc(Br)c(CC(=O)OC)c(C2CC2)c1. The molecule has 0 atom stereocenters. The van der Waals surface area contributed by atoms with Crippen LogP contribution in [-0.4, -0.2) is 13.1 Å². The fourth-order valence-electron chi connectivity index (χ4n) is 2.04. The van der Waals surface area contributed by atoms with Gasteiger partial charge in [0.2, 0.25) is 0 Å². The van der Waals surface area contributed by atoms with E-state index in [4.69, 9.17) is 4.74 Å².